The fraction of sp³-hybridized carbons (Fsp3) is 0.150. The fourth-order valence-electron chi connectivity index (χ4n) is 2.54. The molecular weight excluding hydrogens is 446 g/mol. The summed E-state index contributed by atoms with van der Waals surface area (Å²) in [6.45, 7) is 1.38. The molecule has 0 aliphatic heterocycles. The second kappa shape index (κ2) is 9.54. The number of nitro benzene ring substituents is 1. The minimum atomic E-state index is -1.19. The summed E-state index contributed by atoms with van der Waals surface area (Å²) in [4.78, 5) is 39.4. The third-order valence-electron chi connectivity index (χ3n) is 4.09. The molecule has 0 fully saturated rings. The van der Waals surface area contributed by atoms with Gasteiger partial charge in [0.2, 0.25) is 0 Å². The van der Waals surface area contributed by atoms with Crippen LogP contribution in [0.25, 0.3) is 10.6 Å². The Bertz CT molecular complexity index is 1150. The summed E-state index contributed by atoms with van der Waals surface area (Å²) in [5.74, 6) is -1.24. The van der Waals surface area contributed by atoms with E-state index in [1.165, 1.54) is 42.9 Å². The Kier molecular flexibility index (Phi) is 6.83. The number of anilines is 1. The highest BCUT2D eigenvalue weighted by Gasteiger charge is 2.23. The smallest absolute Gasteiger partial charge is 0.358 e. The van der Waals surface area contributed by atoms with Crippen molar-refractivity contribution in [2.75, 3.05) is 12.4 Å². The number of rotatable bonds is 7. The van der Waals surface area contributed by atoms with E-state index in [1.807, 2.05) is 6.07 Å². The van der Waals surface area contributed by atoms with Crippen molar-refractivity contribution in [2.24, 2.45) is 0 Å². The molecule has 0 radical (unpaired) electrons. The minimum absolute atomic E-state index is 0.0487. The Labute approximate surface area is 185 Å². The van der Waals surface area contributed by atoms with Crippen LogP contribution in [0.1, 0.15) is 17.4 Å². The van der Waals surface area contributed by atoms with E-state index in [4.69, 9.17) is 21.1 Å². The lowest BCUT2D eigenvalue weighted by Crippen LogP contribution is -2.30. The molecule has 0 bridgehead atoms. The van der Waals surface area contributed by atoms with E-state index < -0.39 is 22.9 Å². The third kappa shape index (κ3) is 5.36. The van der Waals surface area contributed by atoms with E-state index in [-0.39, 0.29) is 22.8 Å². The molecule has 0 aliphatic rings. The van der Waals surface area contributed by atoms with Crippen molar-refractivity contribution in [3.05, 3.63) is 68.7 Å². The molecule has 0 spiro atoms. The van der Waals surface area contributed by atoms with E-state index in [2.05, 4.69) is 10.3 Å². The van der Waals surface area contributed by atoms with Crippen LogP contribution in [-0.4, -0.2) is 35.0 Å². The molecule has 1 N–H and O–H groups in total. The van der Waals surface area contributed by atoms with Gasteiger partial charge in [-0.3, -0.25) is 14.9 Å². The van der Waals surface area contributed by atoms with Gasteiger partial charge in [0, 0.05) is 28.1 Å². The van der Waals surface area contributed by atoms with Crippen LogP contribution in [0.5, 0.6) is 5.75 Å². The first-order valence-electron chi connectivity index (χ1n) is 8.84. The van der Waals surface area contributed by atoms with Crippen molar-refractivity contribution in [1.29, 1.82) is 0 Å². The molecule has 11 heteroatoms. The first-order chi connectivity index (χ1) is 14.8. The molecule has 2 aromatic carbocycles. The van der Waals surface area contributed by atoms with Gasteiger partial charge in [-0.15, -0.1) is 11.3 Å². The molecule has 9 nitrogen and oxygen atoms in total. The highest BCUT2D eigenvalue weighted by atomic mass is 35.5. The quantitative estimate of drug-likeness (QED) is 0.311. The predicted molar refractivity (Wildman–Crippen MR) is 116 cm³/mol. The largest absolute Gasteiger partial charge is 0.495 e. The fourth-order valence-corrected chi connectivity index (χ4v) is 3.51. The second-order valence-electron chi connectivity index (χ2n) is 6.23. The van der Waals surface area contributed by atoms with Crippen LogP contribution in [0.4, 0.5) is 11.4 Å². The van der Waals surface area contributed by atoms with Crippen molar-refractivity contribution >= 4 is 46.2 Å². The molecular formula is C20H16ClN3O6S. The zero-order valence-electron chi connectivity index (χ0n) is 16.3. The van der Waals surface area contributed by atoms with Gasteiger partial charge in [0.05, 0.1) is 17.7 Å². The number of methoxy groups -OCH3 is 1. The van der Waals surface area contributed by atoms with E-state index in [0.29, 0.717) is 10.0 Å². The SMILES string of the molecule is COc1ccc([N+](=O)[O-])cc1NC(=O)C(C)OC(=O)c1csc(-c2cccc(Cl)c2)n1. The van der Waals surface area contributed by atoms with Crippen LogP contribution in [0.3, 0.4) is 0 Å². The maximum Gasteiger partial charge on any atom is 0.358 e. The lowest BCUT2D eigenvalue weighted by molar-refractivity contribution is -0.384. The average Bonchev–Trinajstić information content (AvgIpc) is 3.24. The number of thiazole rings is 1. The highest BCUT2D eigenvalue weighted by molar-refractivity contribution is 7.13. The van der Waals surface area contributed by atoms with Crippen molar-refractivity contribution in [3.63, 3.8) is 0 Å². The van der Waals surface area contributed by atoms with Crippen LogP contribution < -0.4 is 10.1 Å². The number of benzene rings is 2. The molecule has 1 aromatic heterocycles. The number of hydrogen-bond donors (Lipinski definition) is 1. The Morgan fingerprint density at radius 1 is 1.26 bits per heavy atom. The molecule has 1 unspecified atom stereocenters. The molecule has 0 saturated heterocycles. The first kappa shape index (κ1) is 22.2. The maximum absolute atomic E-state index is 12.4. The number of nitro groups is 1. The van der Waals surface area contributed by atoms with Gasteiger partial charge in [-0.25, -0.2) is 9.78 Å². The van der Waals surface area contributed by atoms with Crippen LogP contribution in [0.2, 0.25) is 5.02 Å². The van der Waals surface area contributed by atoms with Crippen molar-refractivity contribution in [2.45, 2.75) is 13.0 Å². The van der Waals surface area contributed by atoms with Gasteiger partial charge in [-0.1, -0.05) is 23.7 Å². The van der Waals surface area contributed by atoms with Gasteiger partial charge in [0.15, 0.2) is 11.8 Å². The van der Waals surface area contributed by atoms with Gasteiger partial charge < -0.3 is 14.8 Å². The van der Waals surface area contributed by atoms with Crippen LogP contribution in [-0.2, 0) is 9.53 Å². The highest BCUT2D eigenvalue weighted by Crippen LogP contribution is 2.29. The number of hydrogen-bond acceptors (Lipinski definition) is 8. The third-order valence-corrected chi connectivity index (χ3v) is 5.22. The summed E-state index contributed by atoms with van der Waals surface area (Å²) in [6.07, 6.45) is -1.19. The number of amides is 1. The van der Waals surface area contributed by atoms with Crippen LogP contribution in [0, 0.1) is 10.1 Å². The van der Waals surface area contributed by atoms with Crippen LogP contribution in [0.15, 0.2) is 47.8 Å². The number of ether oxygens (including phenoxy) is 2. The number of aromatic nitrogens is 1. The topological polar surface area (TPSA) is 121 Å². The van der Waals surface area contributed by atoms with E-state index in [0.717, 1.165) is 11.6 Å². The molecule has 1 heterocycles. The minimum Gasteiger partial charge on any atom is -0.495 e. The number of nitrogens with zero attached hydrogens (tertiary/aromatic N) is 2. The Morgan fingerprint density at radius 2 is 2.03 bits per heavy atom. The molecule has 3 rings (SSSR count). The Morgan fingerprint density at radius 3 is 2.71 bits per heavy atom. The zero-order valence-corrected chi connectivity index (χ0v) is 17.9. The van der Waals surface area contributed by atoms with Gasteiger partial charge in [-0.2, -0.15) is 0 Å². The van der Waals surface area contributed by atoms with Gasteiger partial charge in [0.1, 0.15) is 10.8 Å². The molecule has 1 atom stereocenters. The number of non-ortho nitro benzene ring substituents is 1. The lowest BCUT2D eigenvalue weighted by atomic mass is 10.2. The normalized spacial score (nSPS) is 11.5. The number of esters is 1. The van der Waals surface area contributed by atoms with Crippen molar-refractivity contribution in [3.8, 4) is 16.3 Å². The zero-order chi connectivity index (χ0) is 22.5. The second-order valence-corrected chi connectivity index (χ2v) is 7.52. The maximum atomic E-state index is 12.4. The molecule has 0 saturated carbocycles. The predicted octanol–water partition coefficient (Wildman–Crippen LogP) is 4.56. The van der Waals surface area contributed by atoms with Gasteiger partial charge >= 0.3 is 5.97 Å². The number of carbonyl (C=O) groups is 2. The summed E-state index contributed by atoms with van der Waals surface area (Å²) >= 11 is 7.21. The van der Waals surface area contributed by atoms with Gasteiger partial charge in [0.25, 0.3) is 11.6 Å². The summed E-state index contributed by atoms with van der Waals surface area (Å²) < 4.78 is 10.3. The van der Waals surface area contributed by atoms with E-state index >= 15 is 0 Å². The van der Waals surface area contributed by atoms with Crippen LogP contribution >= 0.6 is 22.9 Å². The van der Waals surface area contributed by atoms with E-state index in [9.17, 15) is 19.7 Å². The van der Waals surface area contributed by atoms with Gasteiger partial charge in [-0.05, 0) is 25.1 Å². The first-order valence-corrected chi connectivity index (χ1v) is 10.1. The molecule has 31 heavy (non-hydrogen) atoms. The molecule has 3 aromatic rings. The number of nitrogens with one attached hydrogen (secondary N) is 1. The standard InChI is InChI=1S/C20H16ClN3O6S/c1-11(18(25)22-15-9-14(24(27)28)6-7-17(15)29-2)30-20(26)16-10-31-19(23-16)12-4-3-5-13(21)8-12/h3-11H,1-2H3,(H,22,25). The summed E-state index contributed by atoms with van der Waals surface area (Å²) in [6, 6.07) is 10.8. The monoisotopic (exact) mass is 461 g/mol. The summed E-state index contributed by atoms with van der Waals surface area (Å²) in [7, 11) is 1.36. The molecule has 1 amide bonds. The van der Waals surface area contributed by atoms with E-state index in [1.54, 1.807) is 18.2 Å². The van der Waals surface area contributed by atoms with Crippen molar-refractivity contribution in [1.82, 2.24) is 4.98 Å². The summed E-state index contributed by atoms with van der Waals surface area (Å²) in [5, 5.41) is 16.1. The number of carbonyl (C=O) groups excluding carboxylic acids is 2. The van der Waals surface area contributed by atoms with Crippen molar-refractivity contribution < 1.29 is 24.0 Å². The molecule has 160 valence electrons. The summed E-state index contributed by atoms with van der Waals surface area (Å²) in [5.41, 5.74) is 0.658. The Hall–Kier alpha value is -3.50. The average molecular weight is 462 g/mol. The Balaban J connectivity index is 1.68. The lowest BCUT2D eigenvalue weighted by Gasteiger charge is -2.14. The molecule has 0 aliphatic carbocycles. The number of halogens is 1.